The maximum atomic E-state index is 5.39. The van der Waals surface area contributed by atoms with Gasteiger partial charge in [-0.05, 0) is 39.0 Å². The van der Waals surface area contributed by atoms with Gasteiger partial charge in [-0.15, -0.1) is 0 Å². The lowest BCUT2D eigenvalue weighted by molar-refractivity contribution is 0.241. The minimum absolute atomic E-state index is 0.236. The molecule has 0 aromatic rings. The molecule has 2 fully saturated rings. The summed E-state index contributed by atoms with van der Waals surface area (Å²) in [5.74, 6) is 6.16. The zero-order valence-electron chi connectivity index (χ0n) is 8.14. The average Bonchev–Trinajstić information content (AvgIpc) is 2.84. The molecule has 4 heteroatoms. The largest absolute Gasteiger partial charge is 0.350 e. The highest BCUT2D eigenvalue weighted by atomic mass is 15.3. The van der Waals surface area contributed by atoms with Crippen LogP contribution in [0.2, 0.25) is 0 Å². The van der Waals surface area contributed by atoms with Crippen LogP contribution in [0.1, 0.15) is 39.0 Å². The normalized spacial score (nSPS) is 26.5. The van der Waals surface area contributed by atoms with Gasteiger partial charge in [0.05, 0.1) is 6.04 Å². The van der Waals surface area contributed by atoms with Crippen LogP contribution in [0.4, 0.5) is 0 Å². The van der Waals surface area contributed by atoms with E-state index in [1.165, 1.54) is 32.1 Å². The number of nitrogens with zero attached hydrogens (tertiary/aromatic N) is 1. The second-order valence-electron chi connectivity index (χ2n) is 4.39. The molecule has 0 aromatic carbocycles. The number of aliphatic imine (C=N–C) groups is 1. The molecule has 0 radical (unpaired) electrons. The van der Waals surface area contributed by atoms with E-state index in [1.807, 2.05) is 0 Å². The van der Waals surface area contributed by atoms with Crippen LogP contribution in [0.3, 0.4) is 0 Å². The van der Waals surface area contributed by atoms with Gasteiger partial charge in [-0.3, -0.25) is 5.43 Å². The molecular formula is C9H18N4. The molecule has 2 aliphatic rings. The van der Waals surface area contributed by atoms with Crippen molar-refractivity contribution in [2.75, 3.05) is 0 Å². The van der Waals surface area contributed by atoms with E-state index in [9.17, 15) is 0 Å². The second kappa shape index (κ2) is 3.18. The first kappa shape index (κ1) is 8.81. The SMILES string of the molecule is CC1(NC(=NC2CC2)NN)CCC1. The molecule has 2 saturated carbocycles. The van der Waals surface area contributed by atoms with E-state index in [0.717, 1.165) is 5.96 Å². The van der Waals surface area contributed by atoms with E-state index >= 15 is 0 Å². The molecule has 74 valence electrons. The van der Waals surface area contributed by atoms with Crippen molar-refractivity contribution in [2.45, 2.75) is 50.6 Å². The molecule has 0 amide bonds. The molecule has 0 heterocycles. The topological polar surface area (TPSA) is 62.4 Å². The molecular weight excluding hydrogens is 164 g/mol. The first-order chi connectivity index (χ1) is 6.22. The molecule has 0 aromatic heterocycles. The fourth-order valence-corrected chi connectivity index (χ4v) is 1.61. The lowest BCUT2D eigenvalue weighted by Gasteiger charge is -2.40. The lowest BCUT2D eigenvalue weighted by atomic mass is 9.79. The summed E-state index contributed by atoms with van der Waals surface area (Å²) < 4.78 is 0. The van der Waals surface area contributed by atoms with Crippen LogP contribution in [-0.4, -0.2) is 17.5 Å². The van der Waals surface area contributed by atoms with Gasteiger partial charge in [-0.2, -0.15) is 0 Å². The van der Waals surface area contributed by atoms with Crippen LogP contribution in [-0.2, 0) is 0 Å². The Labute approximate surface area is 79.0 Å². The molecule has 4 N–H and O–H groups in total. The van der Waals surface area contributed by atoms with Crippen LogP contribution < -0.4 is 16.6 Å². The number of nitrogens with two attached hydrogens (primary N) is 1. The number of guanidine groups is 1. The highest BCUT2D eigenvalue weighted by molar-refractivity contribution is 5.80. The Morgan fingerprint density at radius 3 is 2.54 bits per heavy atom. The van der Waals surface area contributed by atoms with E-state index < -0.39 is 0 Å². The summed E-state index contributed by atoms with van der Waals surface area (Å²) in [6.45, 7) is 2.22. The first-order valence-corrected chi connectivity index (χ1v) is 5.04. The van der Waals surface area contributed by atoms with Gasteiger partial charge >= 0.3 is 0 Å². The van der Waals surface area contributed by atoms with Gasteiger partial charge < -0.3 is 5.32 Å². The maximum absolute atomic E-state index is 5.39. The Morgan fingerprint density at radius 1 is 1.46 bits per heavy atom. The molecule has 2 rings (SSSR count). The summed E-state index contributed by atoms with van der Waals surface area (Å²) in [5, 5.41) is 3.36. The minimum Gasteiger partial charge on any atom is -0.350 e. The van der Waals surface area contributed by atoms with Gasteiger partial charge in [0.1, 0.15) is 0 Å². The zero-order chi connectivity index (χ0) is 9.31. The van der Waals surface area contributed by atoms with Gasteiger partial charge in [0.15, 0.2) is 0 Å². The van der Waals surface area contributed by atoms with E-state index in [-0.39, 0.29) is 5.54 Å². The molecule has 0 spiro atoms. The third kappa shape index (κ3) is 2.12. The van der Waals surface area contributed by atoms with Crippen molar-refractivity contribution >= 4 is 5.96 Å². The van der Waals surface area contributed by atoms with Crippen molar-refractivity contribution < 1.29 is 0 Å². The fourth-order valence-electron chi connectivity index (χ4n) is 1.61. The van der Waals surface area contributed by atoms with Gasteiger partial charge in [0.2, 0.25) is 5.96 Å². The average molecular weight is 182 g/mol. The van der Waals surface area contributed by atoms with Crippen molar-refractivity contribution in [3.05, 3.63) is 0 Å². The van der Waals surface area contributed by atoms with E-state index in [0.29, 0.717) is 6.04 Å². The maximum Gasteiger partial charge on any atom is 0.206 e. The van der Waals surface area contributed by atoms with Gasteiger partial charge in [-0.25, -0.2) is 10.8 Å². The van der Waals surface area contributed by atoms with Crippen LogP contribution in [0, 0.1) is 0 Å². The number of hydrazine groups is 1. The zero-order valence-corrected chi connectivity index (χ0v) is 8.14. The second-order valence-corrected chi connectivity index (χ2v) is 4.39. The Kier molecular flexibility index (Phi) is 2.15. The molecule has 2 aliphatic carbocycles. The van der Waals surface area contributed by atoms with Crippen LogP contribution in [0.25, 0.3) is 0 Å². The van der Waals surface area contributed by atoms with E-state index in [4.69, 9.17) is 5.84 Å². The monoisotopic (exact) mass is 182 g/mol. The summed E-state index contributed by atoms with van der Waals surface area (Å²) >= 11 is 0. The van der Waals surface area contributed by atoms with E-state index in [1.54, 1.807) is 0 Å². The van der Waals surface area contributed by atoms with Crippen molar-refractivity contribution in [3.63, 3.8) is 0 Å². The summed E-state index contributed by atoms with van der Waals surface area (Å²) in [4.78, 5) is 4.44. The third-order valence-electron chi connectivity index (χ3n) is 2.87. The summed E-state index contributed by atoms with van der Waals surface area (Å²) in [7, 11) is 0. The quantitative estimate of drug-likeness (QED) is 0.252. The number of hydrogen-bond acceptors (Lipinski definition) is 2. The molecule has 13 heavy (non-hydrogen) atoms. The number of rotatable bonds is 2. The fraction of sp³-hybridized carbons (Fsp3) is 0.889. The molecule has 0 aliphatic heterocycles. The number of nitrogens with one attached hydrogen (secondary N) is 2. The number of hydrogen-bond donors (Lipinski definition) is 3. The van der Waals surface area contributed by atoms with E-state index in [2.05, 4.69) is 22.7 Å². The van der Waals surface area contributed by atoms with Crippen LogP contribution in [0.5, 0.6) is 0 Å². The molecule has 0 bridgehead atoms. The molecule has 0 saturated heterocycles. The predicted octanol–water partition coefficient (Wildman–Crippen LogP) is 0.500. The van der Waals surface area contributed by atoms with Crippen molar-refractivity contribution in [1.82, 2.24) is 10.7 Å². The smallest absolute Gasteiger partial charge is 0.206 e. The predicted molar refractivity (Wildman–Crippen MR) is 53.2 cm³/mol. The lowest BCUT2D eigenvalue weighted by Crippen LogP contribution is -2.56. The van der Waals surface area contributed by atoms with Gasteiger partial charge in [0, 0.05) is 5.54 Å². The Bertz CT molecular complexity index is 216. The van der Waals surface area contributed by atoms with Crippen molar-refractivity contribution in [2.24, 2.45) is 10.8 Å². The van der Waals surface area contributed by atoms with Gasteiger partial charge in [0.25, 0.3) is 0 Å². The van der Waals surface area contributed by atoms with Crippen molar-refractivity contribution in [3.8, 4) is 0 Å². The molecule has 0 unspecified atom stereocenters. The highest BCUT2D eigenvalue weighted by Gasteiger charge is 2.33. The Hall–Kier alpha value is -0.770. The minimum atomic E-state index is 0.236. The third-order valence-corrected chi connectivity index (χ3v) is 2.87. The summed E-state index contributed by atoms with van der Waals surface area (Å²) in [5.41, 5.74) is 2.87. The Morgan fingerprint density at radius 2 is 2.15 bits per heavy atom. The van der Waals surface area contributed by atoms with Crippen LogP contribution >= 0.6 is 0 Å². The van der Waals surface area contributed by atoms with Crippen molar-refractivity contribution in [1.29, 1.82) is 0 Å². The highest BCUT2D eigenvalue weighted by Crippen LogP contribution is 2.31. The molecule has 0 atom stereocenters. The molecule has 4 nitrogen and oxygen atoms in total. The van der Waals surface area contributed by atoms with Crippen LogP contribution in [0.15, 0.2) is 4.99 Å². The standard InChI is InChI=1S/C9H18N4/c1-9(5-2-6-9)12-8(13-10)11-7-3-4-7/h7H,2-6,10H2,1H3,(H2,11,12,13). The van der Waals surface area contributed by atoms with Gasteiger partial charge in [-0.1, -0.05) is 0 Å². The summed E-state index contributed by atoms with van der Waals surface area (Å²) in [6.07, 6.45) is 6.18. The first-order valence-electron chi connectivity index (χ1n) is 5.04. The summed E-state index contributed by atoms with van der Waals surface area (Å²) in [6, 6.07) is 0.516. The Balaban J connectivity index is 1.89.